The predicted octanol–water partition coefficient (Wildman–Crippen LogP) is 9.08. The summed E-state index contributed by atoms with van der Waals surface area (Å²) >= 11 is 3.50. The van der Waals surface area contributed by atoms with Gasteiger partial charge in [-0.25, -0.2) is 19.3 Å². The lowest BCUT2D eigenvalue weighted by Crippen LogP contribution is -2.03. The Labute approximate surface area is 281 Å². The van der Waals surface area contributed by atoms with E-state index in [1.807, 2.05) is 83.5 Å². The molecule has 0 bridgehead atoms. The number of nitrogens with zero attached hydrogens (tertiary/aromatic N) is 8. The molecular formula is C37H34N8S2. The quantitative estimate of drug-likeness (QED) is 0.170. The fourth-order valence-corrected chi connectivity index (χ4v) is 7.72. The van der Waals surface area contributed by atoms with E-state index in [1.165, 1.54) is 30.3 Å². The maximum absolute atomic E-state index is 4.74. The molecule has 0 aliphatic rings. The van der Waals surface area contributed by atoms with Crippen molar-refractivity contribution in [2.24, 2.45) is 0 Å². The van der Waals surface area contributed by atoms with E-state index >= 15 is 0 Å². The fourth-order valence-electron chi connectivity index (χ4n) is 5.56. The van der Waals surface area contributed by atoms with E-state index in [1.54, 1.807) is 22.7 Å². The molecule has 8 aromatic heterocycles. The molecule has 0 radical (unpaired) electrons. The molecule has 0 unspecified atom stereocenters. The SMILES string of the molecule is CCc1cccc(-n2ncc(CC)c2-c2cc3ncccc3s2)n1.CCc1cnn(-c2cccc(C)n2)c1-c1cc2ncccc2s1. The summed E-state index contributed by atoms with van der Waals surface area (Å²) in [7, 11) is 0. The molecule has 47 heavy (non-hydrogen) atoms. The Morgan fingerprint density at radius 2 is 1.13 bits per heavy atom. The highest BCUT2D eigenvalue weighted by Gasteiger charge is 2.18. The second-order valence-electron chi connectivity index (χ2n) is 11.0. The Morgan fingerprint density at radius 1 is 0.596 bits per heavy atom. The molecule has 0 saturated carbocycles. The number of hydrogen-bond acceptors (Lipinski definition) is 8. The highest BCUT2D eigenvalue weighted by Crippen LogP contribution is 2.37. The molecule has 8 rings (SSSR count). The molecule has 0 fully saturated rings. The molecule has 0 N–H and O–H groups in total. The van der Waals surface area contributed by atoms with Crippen LogP contribution in [0.3, 0.4) is 0 Å². The topological polar surface area (TPSA) is 87.2 Å². The van der Waals surface area contributed by atoms with E-state index in [0.717, 1.165) is 64.7 Å². The van der Waals surface area contributed by atoms with Crippen LogP contribution in [0.4, 0.5) is 0 Å². The lowest BCUT2D eigenvalue weighted by atomic mass is 10.1. The van der Waals surface area contributed by atoms with Gasteiger partial charge >= 0.3 is 0 Å². The maximum atomic E-state index is 4.74. The molecule has 234 valence electrons. The molecule has 0 aliphatic heterocycles. The molecule has 0 aromatic carbocycles. The van der Waals surface area contributed by atoms with Gasteiger partial charge in [0.15, 0.2) is 11.6 Å². The van der Waals surface area contributed by atoms with Gasteiger partial charge in [0.25, 0.3) is 0 Å². The van der Waals surface area contributed by atoms with Crippen LogP contribution in [0.5, 0.6) is 0 Å². The summed E-state index contributed by atoms with van der Waals surface area (Å²) in [6.45, 7) is 8.43. The van der Waals surface area contributed by atoms with E-state index in [4.69, 9.17) is 4.98 Å². The van der Waals surface area contributed by atoms with Crippen LogP contribution < -0.4 is 0 Å². The van der Waals surface area contributed by atoms with Crippen molar-refractivity contribution in [1.29, 1.82) is 0 Å². The third-order valence-electron chi connectivity index (χ3n) is 7.96. The Kier molecular flexibility index (Phi) is 8.69. The number of aryl methyl sites for hydroxylation is 4. The first-order valence-corrected chi connectivity index (χ1v) is 17.4. The maximum Gasteiger partial charge on any atom is 0.154 e. The van der Waals surface area contributed by atoms with Crippen LogP contribution in [0.25, 0.3) is 53.2 Å². The molecule has 0 amide bonds. The van der Waals surface area contributed by atoms with Gasteiger partial charge < -0.3 is 0 Å². The first-order chi connectivity index (χ1) is 23.1. The molecule has 8 heterocycles. The minimum absolute atomic E-state index is 0.852. The van der Waals surface area contributed by atoms with Crippen molar-refractivity contribution < 1.29 is 0 Å². The van der Waals surface area contributed by atoms with Crippen molar-refractivity contribution in [2.45, 2.75) is 47.0 Å². The van der Waals surface area contributed by atoms with E-state index in [9.17, 15) is 0 Å². The van der Waals surface area contributed by atoms with Gasteiger partial charge in [-0.15, -0.1) is 22.7 Å². The van der Waals surface area contributed by atoms with Crippen LogP contribution in [0.1, 0.15) is 43.3 Å². The van der Waals surface area contributed by atoms with Crippen LogP contribution in [0.15, 0.2) is 97.6 Å². The number of fused-ring (bicyclic) bond motifs is 2. The molecule has 0 aliphatic carbocycles. The summed E-state index contributed by atoms with van der Waals surface area (Å²) in [6.07, 6.45) is 10.3. The van der Waals surface area contributed by atoms with Crippen molar-refractivity contribution in [3.8, 4) is 32.8 Å². The Balaban J connectivity index is 0.000000150. The largest absolute Gasteiger partial charge is 0.255 e. The van der Waals surface area contributed by atoms with Crippen LogP contribution >= 0.6 is 22.7 Å². The third-order valence-corrected chi connectivity index (χ3v) is 10.1. The van der Waals surface area contributed by atoms with E-state index in [0.29, 0.717) is 0 Å². The normalized spacial score (nSPS) is 11.2. The summed E-state index contributed by atoms with van der Waals surface area (Å²) in [4.78, 5) is 20.6. The lowest BCUT2D eigenvalue weighted by Gasteiger charge is -2.08. The zero-order valence-corrected chi connectivity index (χ0v) is 28.4. The summed E-state index contributed by atoms with van der Waals surface area (Å²) in [5.74, 6) is 1.72. The van der Waals surface area contributed by atoms with Crippen LogP contribution in [-0.2, 0) is 19.3 Å². The molecule has 8 nitrogen and oxygen atoms in total. The van der Waals surface area contributed by atoms with E-state index in [2.05, 4.69) is 76.3 Å². The summed E-state index contributed by atoms with van der Waals surface area (Å²) in [6, 6.07) is 24.6. The first kappa shape index (κ1) is 30.6. The van der Waals surface area contributed by atoms with Gasteiger partial charge in [-0.1, -0.05) is 32.9 Å². The van der Waals surface area contributed by atoms with Gasteiger partial charge in [-0.2, -0.15) is 10.2 Å². The highest BCUT2D eigenvalue weighted by atomic mass is 32.1. The van der Waals surface area contributed by atoms with Gasteiger partial charge in [-0.3, -0.25) is 9.97 Å². The molecule has 8 aromatic rings. The zero-order chi connectivity index (χ0) is 32.3. The van der Waals surface area contributed by atoms with Gasteiger partial charge in [0.1, 0.15) is 0 Å². The molecule has 0 saturated heterocycles. The van der Waals surface area contributed by atoms with Gasteiger partial charge in [-0.05, 0) is 98.0 Å². The Morgan fingerprint density at radius 3 is 1.62 bits per heavy atom. The van der Waals surface area contributed by atoms with E-state index < -0.39 is 0 Å². The minimum Gasteiger partial charge on any atom is -0.255 e. The van der Waals surface area contributed by atoms with Crippen molar-refractivity contribution in [2.75, 3.05) is 0 Å². The Bertz CT molecular complexity index is 2240. The molecule has 0 spiro atoms. The fraction of sp³-hybridized carbons (Fsp3) is 0.189. The van der Waals surface area contributed by atoms with Crippen molar-refractivity contribution >= 4 is 43.1 Å². The number of pyridine rings is 4. The van der Waals surface area contributed by atoms with Crippen molar-refractivity contribution in [1.82, 2.24) is 39.5 Å². The van der Waals surface area contributed by atoms with Crippen molar-refractivity contribution in [3.05, 3.63) is 120 Å². The van der Waals surface area contributed by atoms with Crippen LogP contribution in [0, 0.1) is 6.92 Å². The number of aromatic nitrogens is 8. The summed E-state index contributed by atoms with van der Waals surface area (Å²) in [5, 5.41) is 9.20. The van der Waals surface area contributed by atoms with Crippen LogP contribution in [0.2, 0.25) is 0 Å². The average Bonchev–Trinajstić information content (AvgIpc) is 3.91. The average molecular weight is 655 g/mol. The summed E-state index contributed by atoms with van der Waals surface area (Å²) < 4.78 is 6.28. The van der Waals surface area contributed by atoms with Crippen molar-refractivity contribution in [3.63, 3.8) is 0 Å². The second-order valence-corrected chi connectivity index (χ2v) is 13.2. The number of hydrogen-bond donors (Lipinski definition) is 0. The van der Waals surface area contributed by atoms with E-state index in [-0.39, 0.29) is 0 Å². The smallest absolute Gasteiger partial charge is 0.154 e. The molecule has 10 heteroatoms. The highest BCUT2D eigenvalue weighted by molar-refractivity contribution is 7.22. The minimum atomic E-state index is 0.852. The monoisotopic (exact) mass is 654 g/mol. The standard InChI is InChI=1S/C19H18N4S.C18H16N4S/c1-3-13-12-21-23(18-9-5-7-14(4-2)22-18)19(13)17-11-15-16(24-17)8-6-10-20-15;1-3-13-11-20-22(17-8-4-6-12(2)21-17)18(13)16-10-14-15(23-16)7-5-9-19-14/h5-12H,3-4H2,1-2H3;4-11H,3H2,1-2H3. The van der Waals surface area contributed by atoms with Gasteiger partial charge in [0, 0.05) is 23.8 Å². The number of rotatable bonds is 7. The number of thiophene rings is 2. The third kappa shape index (κ3) is 6.09. The van der Waals surface area contributed by atoms with Crippen LogP contribution in [-0.4, -0.2) is 39.5 Å². The zero-order valence-electron chi connectivity index (χ0n) is 26.8. The molecule has 0 atom stereocenters. The lowest BCUT2D eigenvalue weighted by molar-refractivity contribution is 0.840. The van der Waals surface area contributed by atoms with Gasteiger partial charge in [0.2, 0.25) is 0 Å². The predicted molar refractivity (Wildman–Crippen MR) is 193 cm³/mol. The molecular weight excluding hydrogens is 621 g/mol. The second kappa shape index (κ2) is 13.4. The van der Waals surface area contributed by atoms with Gasteiger partial charge in [0.05, 0.1) is 54.0 Å². The first-order valence-electron chi connectivity index (χ1n) is 15.8. The Hall–Kier alpha value is -5.06. The summed E-state index contributed by atoms with van der Waals surface area (Å²) in [5.41, 5.74) is 8.81.